The van der Waals surface area contributed by atoms with Crippen molar-refractivity contribution in [2.24, 2.45) is 5.73 Å². The molecule has 0 aliphatic rings. The Bertz CT molecular complexity index is 919. The van der Waals surface area contributed by atoms with Crippen LogP contribution in [0.5, 0.6) is 0 Å². The highest BCUT2D eigenvalue weighted by Crippen LogP contribution is 2.34. The van der Waals surface area contributed by atoms with Crippen LogP contribution < -0.4 is 11.1 Å². The maximum atomic E-state index is 12.7. The third kappa shape index (κ3) is 3.85. The summed E-state index contributed by atoms with van der Waals surface area (Å²) in [6.07, 6.45) is 0.438. The molecule has 0 aliphatic carbocycles. The van der Waals surface area contributed by atoms with Gasteiger partial charge < -0.3 is 20.4 Å². The van der Waals surface area contributed by atoms with Gasteiger partial charge >= 0.3 is 0 Å². The molecule has 3 aromatic heterocycles. The number of anilines is 1. The summed E-state index contributed by atoms with van der Waals surface area (Å²) in [6, 6.07) is 5.60. The molecule has 0 spiro atoms. The number of thiophene rings is 1. The molecular formula is C18H21ClN4O2S. The molecule has 3 N–H and O–H groups in total. The standard InChI is InChI=1S/C18H21ClN4O2S/c1-10(20)7-13-15(18(24)23(2)3)16-17(25-13)12(8-14(19)22-16)21-9-11-5-4-6-26-11/h4-6,8,10H,7,9,20H2,1-3H3,(H,21,22)/t10-/m0/s1. The first kappa shape index (κ1) is 18.7. The summed E-state index contributed by atoms with van der Waals surface area (Å²) in [7, 11) is 3.38. The van der Waals surface area contributed by atoms with E-state index in [9.17, 15) is 4.79 Å². The highest BCUT2D eigenvalue weighted by Gasteiger charge is 2.26. The molecule has 3 rings (SSSR count). The van der Waals surface area contributed by atoms with Gasteiger partial charge in [-0.05, 0) is 18.4 Å². The van der Waals surface area contributed by atoms with Crippen molar-refractivity contribution in [3.05, 3.63) is 44.9 Å². The van der Waals surface area contributed by atoms with Crippen LogP contribution in [0.15, 0.2) is 28.0 Å². The van der Waals surface area contributed by atoms with E-state index < -0.39 is 0 Å². The molecule has 1 atom stereocenters. The van der Waals surface area contributed by atoms with Gasteiger partial charge in [-0.15, -0.1) is 11.3 Å². The van der Waals surface area contributed by atoms with Crippen molar-refractivity contribution in [1.82, 2.24) is 9.88 Å². The van der Waals surface area contributed by atoms with Gasteiger partial charge in [0.2, 0.25) is 0 Å². The van der Waals surface area contributed by atoms with Crippen LogP contribution in [0.2, 0.25) is 5.15 Å². The fraction of sp³-hybridized carbons (Fsp3) is 0.333. The largest absolute Gasteiger partial charge is 0.456 e. The second-order valence-corrected chi connectivity index (χ2v) is 7.80. The Kier molecular flexibility index (Phi) is 5.50. The van der Waals surface area contributed by atoms with E-state index in [-0.39, 0.29) is 11.9 Å². The summed E-state index contributed by atoms with van der Waals surface area (Å²) in [5.41, 5.74) is 8.04. The van der Waals surface area contributed by atoms with E-state index in [0.29, 0.717) is 46.2 Å². The van der Waals surface area contributed by atoms with Gasteiger partial charge in [-0.3, -0.25) is 4.79 Å². The number of fused-ring (bicyclic) bond motifs is 1. The van der Waals surface area contributed by atoms with Crippen molar-refractivity contribution in [3.63, 3.8) is 0 Å². The number of nitrogens with one attached hydrogen (secondary N) is 1. The molecule has 0 saturated heterocycles. The Morgan fingerprint density at radius 2 is 2.27 bits per heavy atom. The Hall–Kier alpha value is -2.09. The number of hydrogen-bond acceptors (Lipinski definition) is 6. The number of rotatable bonds is 6. The minimum absolute atomic E-state index is 0.151. The summed E-state index contributed by atoms with van der Waals surface area (Å²) < 4.78 is 6.03. The zero-order chi connectivity index (χ0) is 18.8. The van der Waals surface area contributed by atoms with E-state index in [2.05, 4.69) is 10.3 Å². The third-order valence-electron chi connectivity index (χ3n) is 3.84. The minimum Gasteiger partial charge on any atom is -0.456 e. The maximum absolute atomic E-state index is 12.7. The van der Waals surface area contributed by atoms with Crippen molar-refractivity contribution in [2.75, 3.05) is 19.4 Å². The zero-order valence-electron chi connectivity index (χ0n) is 14.9. The Morgan fingerprint density at radius 3 is 2.88 bits per heavy atom. The number of carbonyl (C=O) groups excluding carboxylic acids is 1. The van der Waals surface area contributed by atoms with Gasteiger partial charge in [0, 0.05) is 44.0 Å². The van der Waals surface area contributed by atoms with Crippen molar-refractivity contribution in [2.45, 2.75) is 25.9 Å². The number of nitrogens with zero attached hydrogens (tertiary/aromatic N) is 2. The van der Waals surface area contributed by atoms with Gasteiger partial charge in [-0.2, -0.15) is 0 Å². The lowest BCUT2D eigenvalue weighted by Gasteiger charge is -2.11. The average Bonchev–Trinajstić information content (AvgIpc) is 3.18. The van der Waals surface area contributed by atoms with Crippen LogP contribution in [0.1, 0.15) is 27.9 Å². The maximum Gasteiger partial charge on any atom is 0.259 e. The van der Waals surface area contributed by atoms with Crippen LogP contribution in [0, 0.1) is 0 Å². The highest BCUT2D eigenvalue weighted by atomic mass is 35.5. The zero-order valence-corrected chi connectivity index (χ0v) is 16.4. The second-order valence-electron chi connectivity index (χ2n) is 6.38. The summed E-state index contributed by atoms with van der Waals surface area (Å²) in [4.78, 5) is 19.7. The number of amides is 1. The van der Waals surface area contributed by atoms with Crippen molar-refractivity contribution >= 4 is 45.6 Å². The molecular weight excluding hydrogens is 372 g/mol. The summed E-state index contributed by atoms with van der Waals surface area (Å²) in [5.74, 6) is 0.348. The van der Waals surface area contributed by atoms with Crippen LogP contribution in [0.4, 0.5) is 5.69 Å². The lowest BCUT2D eigenvalue weighted by Crippen LogP contribution is -2.24. The lowest BCUT2D eigenvalue weighted by molar-refractivity contribution is 0.0826. The number of nitrogens with two attached hydrogens (primary N) is 1. The molecule has 3 aromatic rings. The number of pyridine rings is 1. The molecule has 3 heterocycles. The van der Waals surface area contributed by atoms with E-state index in [1.165, 1.54) is 9.78 Å². The van der Waals surface area contributed by atoms with Crippen LogP contribution in [0.3, 0.4) is 0 Å². The third-order valence-corrected chi connectivity index (χ3v) is 4.91. The van der Waals surface area contributed by atoms with Gasteiger partial charge in [0.1, 0.15) is 22.0 Å². The summed E-state index contributed by atoms with van der Waals surface area (Å²) in [5, 5.41) is 5.65. The predicted molar refractivity (Wildman–Crippen MR) is 106 cm³/mol. The molecule has 0 unspecified atom stereocenters. The summed E-state index contributed by atoms with van der Waals surface area (Å²) >= 11 is 7.87. The quantitative estimate of drug-likeness (QED) is 0.624. The van der Waals surface area contributed by atoms with E-state index in [1.807, 2.05) is 24.4 Å². The molecule has 26 heavy (non-hydrogen) atoms. The Morgan fingerprint density at radius 1 is 1.50 bits per heavy atom. The molecule has 6 nitrogen and oxygen atoms in total. The summed E-state index contributed by atoms with van der Waals surface area (Å²) in [6.45, 7) is 2.50. The molecule has 1 amide bonds. The van der Waals surface area contributed by atoms with Crippen LogP contribution in [-0.4, -0.2) is 35.9 Å². The van der Waals surface area contributed by atoms with E-state index in [4.69, 9.17) is 21.8 Å². The smallest absolute Gasteiger partial charge is 0.259 e. The highest BCUT2D eigenvalue weighted by molar-refractivity contribution is 7.09. The van der Waals surface area contributed by atoms with Crippen molar-refractivity contribution in [1.29, 1.82) is 0 Å². The SMILES string of the molecule is C[C@H](N)Cc1oc2c(NCc3cccs3)cc(Cl)nc2c1C(=O)N(C)C. The number of halogens is 1. The van der Waals surface area contributed by atoms with Crippen molar-refractivity contribution in [3.8, 4) is 0 Å². The molecule has 0 aromatic carbocycles. The number of carbonyl (C=O) groups is 1. The molecule has 8 heteroatoms. The van der Waals surface area contributed by atoms with Gasteiger partial charge in [-0.1, -0.05) is 17.7 Å². The average molecular weight is 393 g/mol. The van der Waals surface area contributed by atoms with Gasteiger partial charge in [0.05, 0.1) is 5.69 Å². The Labute approximate surface area is 160 Å². The topological polar surface area (TPSA) is 84.4 Å². The fourth-order valence-electron chi connectivity index (χ4n) is 2.69. The van der Waals surface area contributed by atoms with Crippen LogP contribution in [-0.2, 0) is 13.0 Å². The molecule has 0 fully saturated rings. The molecule has 0 aliphatic heterocycles. The van der Waals surface area contributed by atoms with Crippen LogP contribution in [0.25, 0.3) is 11.1 Å². The Balaban J connectivity index is 2.10. The van der Waals surface area contributed by atoms with Gasteiger partial charge in [0.25, 0.3) is 5.91 Å². The molecule has 0 bridgehead atoms. The first-order valence-corrected chi connectivity index (χ1v) is 9.48. The molecule has 138 valence electrons. The number of furan rings is 1. The predicted octanol–water partition coefficient (Wildman–Crippen LogP) is 3.75. The van der Waals surface area contributed by atoms with E-state index in [0.717, 1.165) is 0 Å². The van der Waals surface area contributed by atoms with Crippen LogP contribution >= 0.6 is 22.9 Å². The normalized spacial score (nSPS) is 12.3. The van der Waals surface area contributed by atoms with Gasteiger partial charge in [0.15, 0.2) is 5.58 Å². The monoisotopic (exact) mass is 392 g/mol. The van der Waals surface area contributed by atoms with Crippen molar-refractivity contribution < 1.29 is 9.21 Å². The second kappa shape index (κ2) is 7.65. The van der Waals surface area contributed by atoms with E-state index >= 15 is 0 Å². The first-order chi connectivity index (χ1) is 12.4. The minimum atomic E-state index is -0.182. The number of hydrogen-bond donors (Lipinski definition) is 2. The molecule has 0 radical (unpaired) electrons. The van der Waals surface area contributed by atoms with Gasteiger partial charge in [-0.25, -0.2) is 4.98 Å². The van der Waals surface area contributed by atoms with E-state index in [1.54, 1.807) is 31.5 Å². The first-order valence-electron chi connectivity index (χ1n) is 8.22. The fourth-order valence-corrected chi connectivity index (χ4v) is 3.53. The number of aromatic nitrogens is 1. The lowest BCUT2D eigenvalue weighted by atomic mass is 10.1. The molecule has 0 saturated carbocycles.